The summed E-state index contributed by atoms with van der Waals surface area (Å²) in [5.41, 5.74) is -0.541. The predicted octanol–water partition coefficient (Wildman–Crippen LogP) is 0.277. The van der Waals surface area contributed by atoms with Crippen LogP contribution in [0.1, 0.15) is 34.5 Å². The van der Waals surface area contributed by atoms with Crippen LogP contribution in [0, 0.1) is 0 Å². The van der Waals surface area contributed by atoms with Gasteiger partial charge >= 0.3 is 6.03 Å². The van der Waals surface area contributed by atoms with Crippen molar-refractivity contribution in [2.24, 2.45) is 0 Å². The third-order valence-electron chi connectivity index (χ3n) is 6.82. The second kappa shape index (κ2) is 8.79. The molecule has 2 saturated heterocycles. The van der Waals surface area contributed by atoms with Crippen LogP contribution in [0.3, 0.4) is 0 Å². The highest BCUT2D eigenvalue weighted by Crippen LogP contribution is 2.37. The normalized spacial score (nSPS) is 23.1. The van der Waals surface area contributed by atoms with Gasteiger partial charge in [0.15, 0.2) is 5.54 Å². The van der Waals surface area contributed by atoms with Gasteiger partial charge in [0.05, 0.1) is 33.4 Å². The standard InChI is InChI=1S/C24H25N5O7/c1-35-15-5-3-13-10-28(21(32)16(13)9-15)12-24(22(33)26-23(34)27-24)20-17(36-2)6-7-18(25-20)29-14(11-30)4-8-19(29)31/h3,5-7,9,14,30H,4,8,10-12H2,1-2H3,(H2,26,27,33,34)/t14-,24+/m1/s1. The number of hydrogen-bond donors (Lipinski definition) is 3. The van der Waals surface area contributed by atoms with Crippen molar-refractivity contribution in [3.63, 3.8) is 0 Å². The highest BCUT2D eigenvalue weighted by Gasteiger charge is 2.53. The van der Waals surface area contributed by atoms with Gasteiger partial charge in [-0.2, -0.15) is 0 Å². The van der Waals surface area contributed by atoms with Gasteiger partial charge in [0.25, 0.3) is 11.8 Å². The largest absolute Gasteiger partial charge is 0.497 e. The van der Waals surface area contributed by atoms with Crippen LogP contribution in [-0.2, 0) is 21.7 Å². The van der Waals surface area contributed by atoms with Gasteiger partial charge in [0.1, 0.15) is 23.0 Å². The average Bonchev–Trinajstić information content (AvgIpc) is 3.51. The van der Waals surface area contributed by atoms with Crippen LogP contribution in [0.2, 0.25) is 0 Å². The summed E-state index contributed by atoms with van der Waals surface area (Å²) in [6.07, 6.45) is 0.714. The van der Waals surface area contributed by atoms with E-state index in [0.29, 0.717) is 17.7 Å². The van der Waals surface area contributed by atoms with Crippen molar-refractivity contribution in [3.05, 3.63) is 47.2 Å². The van der Waals surface area contributed by atoms with Gasteiger partial charge in [0, 0.05) is 18.5 Å². The summed E-state index contributed by atoms with van der Waals surface area (Å²) in [6.45, 7) is -0.270. The van der Waals surface area contributed by atoms with Gasteiger partial charge in [-0.05, 0) is 36.2 Å². The lowest BCUT2D eigenvalue weighted by atomic mass is 9.92. The number of pyridine rings is 1. The van der Waals surface area contributed by atoms with Gasteiger partial charge in [-0.15, -0.1) is 0 Å². The Labute approximate surface area is 206 Å². The molecule has 0 unspecified atom stereocenters. The number of nitrogens with one attached hydrogen (secondary N) is 2. The molecule has 36 heavy (non-hydrogen) atoms. The number of ether oxygens (including phenoxy) is 2. The number of urea groups is 1. The van der Waals surface area contributed by atoms with E-state index in [1.807, 2.05) is 0 Å². The average molecular weight is 495 g/mol. The first-order valence-corrected chi connectivity index (χ1v) is 11.4. The SMILES string of the molecule is COc1ccc2c(c1)C(=O)N(C[C@@]1(c3nc(N4C(=O)CC[C@@H]4CO)ccc3OC)NC(=O)NC1=O)C2. The van der Waals surface area contributed by atoms with E-state index >= 15 is 0 Å². The molecule has 3 aliphatic heterocycles. The quantitative estimate of drug-likeness (QED) is 0.464. The number of fused-ring (bicyclic) bond motifs is 1. The number of amides is 5. The highest BCUT2D eigenvalue weighted by atomic mass is 16.5. The Hall–Kier alpha value is -4.19. The Morgan fingerprint density at radius 3 is 2.61 bits per heavy atom. The molecule has 1 aromatic heterocycles. The van der Waals surface area contributed by atoms with Gasteiger partial charge in [0.2, 0.25) is 5.91 Å². The number of benzene rings is 1. The fourth-order valence-electron chi connectivity index (χ4n) is 5.00. The summed E-state index contributed by atoms with van der Waals surface area (Å²) in [5, 5.41) is 14.6. The highest BCUT2D eigenvalue weighted by molar-refractivity contribution is 6.08. The third kappa shape index (κ3) is 3.61. The molecule has 4 heterocycles. The summed E-state index contributed by atoms with van der Waals surface area (Å²) in [7, 11) is 2.90. The molecule has 3 aliphatic rings. The second-order valence-electron chi connectivity index (χ2n) is 8.86. The van der Waals surface area contributed by atoms with Crippen LogP contribution >= 0.6 is 0 Å². The molecule has 12 heteroatoms. The fourth-order valence-corrected chi connectivity index (χ4v) is 5.00. The molecule has 2 atom stereocenters. The number of rotatable bonds is 7. The number of nitrogens with zero attached hydrogens (tertiary/aromatic N) is 3. The summed E-state index contributed by atoms with van der Waals surface area (Å²) in [6, 6.07) is 7.05. The molecule has 188 valence electrons. The van der Waals surface area contributed by atoms with Crippen molar-refractivity contribution < 1.29 is 33.8 Å². The molecule has 0 bridgehead atoms. The molecule has 1 aromatic carbocycles. The van der Waals surface area contributed by atoms with E-state index < -0.39 is 23.5 Å². The molecule has 0 saturated carbocycles. The van der Waals surface area contributed by atoms with E-state index in [1.54, 1.807) is 30.3 Å². The molecule has 0 aliphatic carbocycles. The molecule has 0 radical (unpaired) electrons. The number of aliphatic hydroxyl groups excluding tert-OH is 1. The maximum Gasteiger partial charge on any atom is 0.322 e. The van der Waals surface area contributed by atoms with E-state index in [4.69, 9.17) is 9.47 Å². The molecule has 2 fully saturated rings. The van der Waals surface area contributed by atoms with Gasteiger partial charge in [-0.25, -0.2) is 9.78 Å². The minimum absolute atomic E-state index is 0.0450. The van der Waals surface area contributed by atoms with E-state index in [2.05, 4.69) is 15.6 Å². The molecular weight excluding hydrogens is 470 g/mol. The van der Waals surface area contributed by atoms with Crippen LogP contribution < -0.4 is 25.0 Å². The molecule has 12 nitrogen and oxygen atoms in total. The van der Waals surface area contributed by atoms with Crippen LogP contribution in [0.4, 0.5) is 10.6 Å². The number of imide groups is 1. The monoisotopic (exact) mass is 495 g/mol. The lowest BCUT2D eigenvalue weighted by Crippen LogP contribution is -2.53. The number of carbonyl (C=O) groups is 4. The lowest BCUT2D eigenvalue weighted by molar-refractivity contribution is -0.125. The maximum absolute atomic E-state index is 13.3. The first-order chi connectivity index (χ1) is 17.3. The Balaban J connectivity index is 1.57. The molecule has 5 amide bonds. The number of methoxy groups -OCH3 is 2. The predicted molar refractivity (Wildman–Crippen MR) is 124 cm³/mol. The van der Waals surface area contributed by atoms with E-state index in [0.717, 1.165) is 5.56 Å². The number of aromatic nitrogens is 1. The van der Waals surface area contributed by atoms with Crippen LogP contribution in [0.25, 0.3) is 0 Å². The molecule has 2 aromatic rings. The van der Waals surface area contributed by atoms with Crippen LogP contribution in [-0.4, -0.2) is 72.2 Å². The van der Waals surface area contributed by atoms with E-state index in [1.165, 1.54) is 24.0 Å². The van der Waals surface area contributed by atoms with Crippen molar-refractivity contribution in [1.29, 1.82) is 0 Å². The molecule has 0 spiro atoms. The Bertz CT molecular complexity index is 1280. The smallest absolute Gasteiger partial charge is 0.322 e. The minimum atomic E-state index is -1.78. The van der Waals surface area contributed by atoms with Crippen molar-refractivity contribution in [3.8, 4) is 11.5 Å². The Morgan fingerprint density at radius 2 is 1.94 bits per heavy atom. The van der Waals surface area contributed by atoms with E-state index in [9.17, 15) is 24.3 Å². The number of aliphatic hydroxyl groups is 1. The van der Waals surface area contributed by atoms with Gasteiger partial charge in [-0.3, -0.25) is 24.6 Å². The first-order valence-electron chi connectivity index (χ1n) is 11.4. The van der Waals surface area contributed by atoms with Crippen molar-refractivity contribution >= 4 is 29.6 Å². The summed E-state index contributed by atoms with van der Waals surface area (Å²) < 4.78 is 10.7. The Morgan fingerprint density at radius 1 is 1.14 bits per heavy atom. The van der Waals surface area contributed by atoms with Crippen LogP contribution in [0.5, 0.6) is 11.5 Å². The number of hydrogen-bond acceptors (Lipinski definition) is 8. The zero-order valence-corrected chi connectivity index (χ0v) is 19.7. The van der Waals surface area contributed by atoms with Crippen molar-refractivity contribution in [1.82, 2.24) is 20.5 Å². The minimum Gasteiger partial charge on any atom is -0.497 e. The molecular formula is C24H25N5O7. The summed E-state index contributed by atoms with van der Waals surface area (Å²) in [5.74, 6) is -0.331. The zero-order valence-electron chi connectivity index (χ0n) is 19.7. The number of carbonyl (C=O) groups excluding carboxylic acids is 4. The maximum atomic E-state index is 13.3. The topological polar surface area (TPSA) is 150 Å². The fraction of sp³-hybridized carbons (Fsp3) is 0.375. The van der Waals surface area contributed by atoms with Crippen molar-refractivity contribution in [2.45, 2.75) is 31.0 Å². The first kappa shape index (κ1) is 23.5. The molecule has 5 rings (SSSR count). The van der Waals surface area contributed by atoms with Gasteiger partial charge in [-0.1, -0.05) is 6.07 Å². The zero-order chi connectivity index (χ0) is 25.6. The van der Waals surface area contributed by atoms with Gasteiger partial charge < -0.3 is 24.8 Å². The van der Waals surface area contributed by atoms with Crippen LogP contribution in [0.15, 0.2) is 30.3 Å². The third-order valence-corrected chi connectivity index (χ3v) is 6.82. The molecule has 3 N–H and O–H groups in total. The second-order valence-corrected chi connectivity index (χ2v) is 8.86. The lowest BCUT2D eigenvalue weighted by Gasteiger charge is -2.32. The van der Waals surface area contributed by atoms with Crippen molar-refractivity contribution in [2.75, 3.05) is 32.3 Å². The summed E-state index contributed by atoms with van der Waals surface area (Å²) in [4.78, 5) is 58.9. The number of anilines is 1. The van der Waals surface area contributed by atoms with E-state index in [-0.39, 0.29) is 55.2 Å². The Kier molecular flexibility index (Phi) is 5.75. The summed E-state index contributed by atoms with van der Waals surface area (Å²) >= 11 is 0.